The largest absolute Gasteiger partial charge is 0.417 e. The van der Waals surface area contributed by atoms with Gasteiger partial charge in [-0.15, -0.1) is 10.2 Å². The first kappa shape index (κ1) is 19.2. The second-order valence-electron chi connectivity index (χ2n) is 7.74. The third kappa shape index (κ3) is 3.20. The molecule has 156 valence electrons. The van der Waals surface area contributed by atoms with Gasteiger partial charge in [0.1, 0.15) is 17.3 Å². The topological polar surface area (TPSA) is 94.1 Å². The zero-order valence-corrected chi connectivity index (χ0v) is 17.3. The van der Waals surface area contributed by atoms with Crippen molar-refractivity contribution < 1.29 is 9.21 Å². The van der Waals surface area contributed by atoms with Crippen LogP contribution >= 0.6 is 0 Å². The predicted octanol–water partition coefficient (Wildman–Crippen LogP) is 3.27. The van der Waals surface area contributed by atoms with E-state index in [1.165, 1.54) is 4.57 Å². The van der Waals surface area contributed by atoms with Gasteiger partial charge in [0.2, 0.25) is 5.89 Å². The van der Waals surface area contributed by atoms with Crippen LogP contribution in [0.5, 0.6) is 0 Å². The van der Waals surface area contributed by atoms with Crippen LogP contribution in [0.15, 0.2) is 57.9 Å². The molecule has 1 aliphatic heterocycles. The van der Waals surface area contributed by atoms with Gasteiger partial charge in [0.15, 0.2) is 0 Å². The van der Waals surface area contributed by atoms with E-state index in [1.54, 1.807) is 30.3 Å². The smallest absolute Gasteiger partial charge is 0.267 e. The summed E-state index contributed by atoms with van der Waals surface area (Å²) in [5, 5.41) is 10.4. The Hall–Kier alpha value is -3.81. The standard InChI is InChI=1S/C23H21N5O3/c1-14-9-10-17(22(29)27(14)2)23(30)28-13-5-8-18(28)20-25-26-21(31-20)19-16-7-4-3-6-15(16)11-12-24-19/h3-4,6-7,9-12,18H,5,8,13H2,1-2H3. The van der Waals surface area contributed by atoms with E-state index in [9.17, 15) is 9.59 Å². The highest BCUT2D eigenvalue weighted by molar-refractivity contribution is 5.94. The Balaban J connectivity index is 1.48. The van der Waals surface area contributed by atoms with Crippen LogP contribution in [0, 0.1) is 6.92 Å². The second-order valence-corrected chi connectivity index (χ2v) is 7.74. The van der Waals surface area contributed by atoms with E-state index in [-0.39, 0.29) is 23.1 Å². The molecule has 8 nitrogen and oxygen atoms in total. The fraction of sp³-hybridized carbons (Fsp3) is 0.261. The van der Waals surface area contributed by atoms with Crippen LogP contribution in [0.2, 0.25) is 0 Å². The Kier molecular flexibility index (Phi) is 4.62. The number of nitrogens with zero attached hydrogens (tertiary/aromatic N) is 5. The molecular formula is C23H21N5O3. The number of hydrogen-bond donors (Lipinski definition) is 0. The lowest BCUT2D eigenvalue weighted by molar-refractivity contribution is 0.0713. The Morgan fingerprint density at radius 1 is 1.13 bits per heavy atom. The zero-order chi connectivity index (χ0) is 21.5. The summed E-state index contributed by atoms with van der Waals surface area (Å²) in [6.07, 6.45) is 3.20. The Labute approximate surface area is 178 Å². The molecule has 0 spiro atoms. The monoisotopic (exact) mass is 415 g/mol. The quantitative estimate of drug-likeness (QED) is 0.510. The molecule has 4 aromatic rings. The maximum atomic E-state index is 13.2. The first-order valence-electron chi connectivity index (χ1n) is 10.2. The lowest BCUT2D eigenvalue weighted by Crippen LogP contribution is -2.36. The van der Waals surface area contributed by atoms with Crippen LogP contribution in [0.25, 0.3) is 22.4 Å². The molecule has 1 fully saturated rings. The van der Waals surface area contributed by atoms with E-state index in [2.05, 4.69) is 15.2 Å². The van der Waals surface area contributed by atoms with Crippen LogP contribution in [-0.2, 0) is 7.05 Å². The number of aromatic nitrogens is 4. The fourth-order valence-corrected chi connectivity index (χ4v) is 4.07. The van der Waals surface area contributed by atoms with Crippen molar-refractivity contribution >= 4 is 16.7 Å². The highest BCUT2D eigenvalue weighted by Crippen LogP contribution is 2.34. The SMILES string of the molecule is Cc1ccc(C(=O)N2CCCC2c2nnc(-c3nccc4ccccc34)o2)c(=O)n1C. The summed E-state index contributed by atoms with van der Waals surface area (Å²) in [5.74, 6) is 0.364. The first-order valence-corrected chi connectivity index (χ1v) is 10.2. The minimum absolute atomic E-state index is 0.149. The van der Waals surface area contributed by atoms with E-state index in [1.807, 2.05) is 37.3 Å². The van der Waals surface area contributed by atoms with Crippen LogP contribution < -0.4 is 5.56 Å². The molecule has 1 atom stereocenters. The highest BCUT2D eigenvalue weighted by Gasteiger charge is 2.35. The molecule has 5 rings (SSSR count). The van der Waals surface area contributed by atoms with E-state index in [4.69, 9.17) is 4.42 Å². The van der Waals surface area contributed by atoms with E-state index in [0.717, 1.165) is 22.9 Å². The molecule has 31 heavy (non-hydrogen) atoms. The summed E-state index contributed by atoms with van der Waals surface area (Å²) in [4.78, 5) is 31.9. The van der Waals surface area contributed by atoms with Crippen molar-refractivity contribution in [3.05, 3.63) is 76.2 Å². The number of aryl methyl sites for hydroxylation is 1. The first-order chi connectivity index (χ1) is 15.0. The van der Waals surface area contributed by atoms with E-state index < -0.39 is 0 Å². The maximum Gasteiger partial charge on any atom is 0.267 e. The average Bonchev–Trinajstić information content (AvgIpc) is 3.46. The van der Waals surface area contributed by atoms with Crippen LogP contribution in [0.4, 0.5) is 0 Å². The number of rotatable bonds is 3. The number of hydrogen-bond acceptors (Lipinski definition) is 6. The number of carbonyl (C=O) groups is 1. The molecule has 0 bridgehead atoms. The van der Waals surface area contributed by atoms with Crippen molar-refractivity contribution in [2.24, 2.45) is 7.05 Å². The lowest BCUT2D eigenvalue weighted by Gasteiger charge is -2.22. The van der Waals surface area contributed by atoms with Gasteiger partial charge in [-0.2, -0.15) is 0 Å². The lowest BCUT2D eigenvalue weighted by atomic mass is 10.1. The van der Waals surface area contributed by atoms with Crippen LogP contribution in [0.3, 0.4) is 0 Å². The Bertz CT molecular complexity index is 1350. The maximum absolute atomic E-state index is 13.2. The molecule has 1 amide bonds. The number of carbonyl (C=O) groups excluding carboxylic acids is 1. The minimum atomic E-state index is -0.366. The molecule has 1 saturated heterocycles. The van der Waals surface area contributed by atoms with Crippen molar-refractivity contribution in [1.29, 1.82) is 0 Å². The van der Waals surface area contributed by atoms with Gasteiger partial charge in [-0.1, -0.05) is 24.3 Å². The Morgan fingerprint density at radius 2 is 1.97 bits per heavy atom. The van der Waals surface area contributed by atoms with Gasteiger partial charge in [0.25, 0.3) is 17.4 Å². The summed E-state index contributed by atoms with van der Waals surface area (Å²) < 4.78 is 7.47. The third-order valence-corrected chi connectivity index (χ3v) is 5.90. The van der Waals surface area contributed by atoms with E-state index in [0.29, 0.717) is 30.4 Å². The predicted molar refractivity (Wildman–Crippen MR) is 114 cm³/mol. The van der Waals surface area contributed by atoms with Crippen LogP contribution in [-0.4, -0.2) is 37.1 Å². The number of likely N-dealkylation sites (tertiary alicyclic amines) is 1. The summed E-state index contributed by atoms with van der Waals surface area (Å²) in [7, 11) is 1.66. The molecule has 3 aromatic heterocycles. The molecule has 0 N–H and O–H groups in total. The molecular weight excluding hydrogens is 394 g/mol. The Morgan fingerprint density at radius 3 is 2.84 bits per heavy atom. The molecule has 4 heterocycles. The average molecular weight is 415 g/mol. The third-order valence-electron chi connectivity index (χ3n) is 5.90. The molecule has 0 radical (unpaired) electrons. The zero-order valence-electron chi connectivity index (χ0n) is 17.3. The second kappa shape index (κ2) is 7.46. The van der Waals surface area contributed by atoms with Crippen molar-refractivity contribution in [2.75, 3.05) is 6.54 Å². The summed E-state index contributed by atoms with van der Waals surface area (Å²) in [6, 6.07) is 12.8. The normalized spacial score (nSPS) is 16.2. The summed E-state index contributed by atoms with van der Waals surface area (Å²) >= 11 is 0. The number of benzene rings is 1. The molecule has 0 saturated carbocycles. The minimum Gasteiger partial charge on any atom is -0.417 e. The van der Waals surface area contributed by atoms with Gasteiger partial charge in [0, 0.05) is 30.9 Å². The number of fused-ring (bicyclic) bond motifs is 1. The van der Waals surface area contributed by atoms with Crippen molar-refractivity contribution in [3.63, 3.8) is 0 Å². The molecule has 1 aromatic carbocycles. The van der Waals surface area contributed by atoms with Gasteiger partial charge in [-0.05, 0) is 43.4 Å². The van der Waals surface area contributed by atoms with Crippen molar-refractivity contribution in [3.8, 4) is 11.6 Å². The number of pyridine rings is 2. The van der Waals surface area contributed by atoms with Crippen molar-refractivity contribution in [2.45, 2.75) is 25.8 Å². The fourth-order valence-electron chi connectivity index (χ4n) is 4.07. The van der Waals surface area contributed by atoms with E-state index >= 15 is 0 Å². The molecule has 1 unspecified atom stereocenters. The number of amides is 1. The van der Waals surface area contributed by atoms with Gasteiger partial charge in [-0.3, -0.25) is 14.6 Å². The van der Waals surface area contributed by atoms with Crippen LogP contribution in [0.1, 0.15) is 40.8 Å². The molecule has 8 heteroatoms. The van der Waals surface area contributed by atoms with Gasteiger partial charge in [0.05, 0.1) is 0 Å². The molecule has 0 aliphatic carbocycles. The molecule has 1 aliphatic rings. The summed E-state index contributed by atoms with van der Waals surface area (Å²) in [5.41, 5.74) is 1.25. The highest BCUT2D eigenvalue weighted by atomic mass is 16.4. The van der Waals surface area contributed by atoms with Gasteiger partial charge < -0.3 is 13.9 Å². The summed E-state index contributed by atoms with van der Waals surface area (Å²) in [6.45, 7) is 2.36. The van der Waals surface area contributed by atoms with Gasteiger partial charge in [-0.25, -0.2) is 0 Å². The van der Waals surface area contributed by atoms with Gasteiger partial charge >= 0.3 is 0 Å². The van der Waals surface area contributed by atoms with Crippen molar-refractivity contribution in [1.82, 2.24) is 24.6 Å².